The molecule has 2 N–H and O–H groups in total. The second kappa shape index (κ2) is 19.0. The number of carbonyl (C=O) groups is 2. The van der Waals surface area contributed by atoms with Gasteiger partial charge < -0.3 is 34.5 Å². The van der Waals surface area contributed by atoms with Crippen molar-refractivity contribution >= 4 is 66.7 Å². The van der Waals surface area contributed by atoms with Gasteiger partial charge in [-0.2, -0.15) is 0 Å². The van der Waals surface area contributed by atoms with E-state index in [2.05, 4.69) is 48.6 Å². The first kappa shape index (κ1) is 42.1. The highest BCUT2D eigenvalue weighted by molar-refractivity contribution is 9.10. The molecular formula is C49H52BrN5O6. The van der Waals surface area contributed by atoms with Gasteiger partial charge in [0.15, 0.2) is 0 Å². The van der Waals surface area contributed by atoms with Gasteiger partial charge in [0.25, 0.3) is 0 Å². The average Bonchev–Trinajstić information content (AvgIpc) is 4.27. The summed E-state index contributed by atoms with van der Waals surface area (Å²) in [5, 5.41) is 10.3. The number of benzene rings is 4. The SMILES string of the molecule is C1CCOCC1.COc1ccc(C2(C(=O)Nc3cc4ccccc4c(Br)n3)CC2)cc1.COc1ccc(C2(C(=O)Nc3cc4ccccc4c(N4CCOCC4)n3)CC2)cc1. The molecule has 0 radical (unpaired) electrons. The Morgan fingerprint density at radius 3 is 1.52 bits per heavy atom. The number of rotatable bonds is 9. The van der Waals surface area contributed by atoms with Gasteiger partial charge in [-0.25, -0.2) is 9.97 Å². The number of pyridine rings is 2. The van der Waals surface area contributed by atoms with Gasteiger partial charge in [-0.1, -0.05) is 72.8 Å². The van der Waals surface area contributed by atoms with E-state index < -0.39 is 10.8 Å². The van der Waals surface area contributed by atoms with Crippen LogP contribution in [0.4, 0.5) is 17.5 Å². The van der Waals surface area contributed by atoms with Crippen molar-refractivity contribution in [1.29, 1.82) is 0 Å². The number of morpholine rings is 1. The molecule has 0 unspecified atom stereocenters. The Morgan fingerprint density at radius 2 is 1.07 bits per heavy atom. The summed E-state index contributed by atoms with van der Waals surface area (Å²) in [5.74, 6) is 3.65. The summed E-state index contributed by atoms with van der Waals surface area (Å²) in [6, 6.07) is 35.5. The molecule has 2 aromatic heterocycles. The van der Waals surface area contributed by atoms with Crippen LogP contribution in [0, 0.1) is 0 Å². The van der Waals surface area contributed by atoms with Crippen LogP contribution in [0.2, 0.25) is 0 Å². The Bertz CT molecular complexity index is 2450. The maximum atomic E-state index is 13.3. The van der Waals surface area contributed by atoms with Gasteiger partial charge in [-0.05, 0) is 119 Å². The molecule has 4 aromatic carbocycles. The number of amides is 2. The first-order valence-electron chi connectivity index (χ1n) is 21.1. The van der Waals surface area contributed by atoms with Gasteiger partial charge in [0.05, 0.1) is 38.3 Å². The number of anilines is 3. The van der Waals surface area contributed by atoms with E-state index in [0.29, 0.717) is 24.8 Å². The number of hydrogen-bond acceptors (Lipinski definition) is 9. The zero-order valence-corrected chi connectivity index (χ0v) is 36.3. The second-order valence-electron chi connectivity index (χ2n) is 15.9. The standard InChI is InChI=1S/C24H25N3O3.C20H17BrN2O2.C5H10O/c1-29-19-8-6-18(7-9-19)24(10-11-24)23(28)26-21-16-17-4-2-3-5-20(17)22(25-21)27-12-14-30-15-13-27;1-25-15-8-6-14(7-9-15)20(10-11-20)19(24)23-17-12-13-4-2-3-5-16(13)18(21)22-17;1-2-4-6-5-3-1/h2-9,16H,10-15H2,1H3,(H,25,26,28);2-9,12H,10-11H2,1H3,(H,22,23,24);1-5H2. The van der Waals surface area contributed by atoms with Gasteiger partial charge in [-0.3, -0.25) is 9.59 Å². The third-order valence-corrected chi connectivity index (χ3v) is 12.5. The minimum absolute atomic E-state index is 0.00313. The molecule has 61 heavy (non-hydrogen) atoms. The predicted octanol–water partition coefficient (Wildman–Crippen LogP) is 9.61. The summed E-state index contributed by atoms with van der Waals surface area (Å²) < 4.78 is 21.7. The van der Waals surface area contributed by atoms with Crippen molar-refractivity contribution in [3.8, 4) is 11.5 Å². The van der Waals surface area contributed by atoms with Crippen LogP contribution in [0.15, 0.2) is 114 Å². The molecule has 4 heterocycles. The summed E-state index contributed by atoms with van der Waals surface area (Å²) in [7, 11) is 3.28. The molecule has 12 heteroatoms. The van der Waals surface area contributed by atoms with E-state index in [0.717, 1.165) is 107 Å². The Morgan fingerprint density at radius 1 is 0.607 bits per heavy atom. The molecule has 2 saturated heterocycles. The lowest BCUT2D eigenvalue weighted by Gasteiger charge is -2.29. The Kier molecular flexibility index (Phi) is 13.1. The molecule has 4 fully saturated rings. The number of aromatic nitrogens is 2. The quantitative estimate of drug-likeness (QED) is 0.137. The molecule has 316 valence electrons. The average molecular weight is 887 g/mol. The second-order valence-corrected chi connectivity index (χ2v) is 16.6. The van der Waals surface area contributed by atoms with E-state index in [9.17, 15) is 9.59 Å². The Labute approximate surface area is 365 Å². The van der Waals surface area contributed by atoms with Crippen molar-refractivity contribution in [3.05, 3.63) is 125 Å². The molecule has 2 aliphatic carbocycles. The van der Waals surface area contributed by atoms with Crippen molar-refractivity contribution in [2.75, 3.05) is 69.3 Å². The van der Waals surface area contributed by atoms with E-state index >= 15 is 0 Å². The largest absolute Gasteiger partial charge is 0.497 e. The topological polar surface area (TPSA) is 124 Å². The van der Waals surface area contributed by atoms with Crippen molar-refractivity contribution < 1.29 is 28.5 Å². The molecule has 2 amide bonds. The van der Waals surface area contributed by atoms with Crippen LogP contribution in [0.25, 0.3) is 21.5 Å². The summed E-state index contributed by atoms with van der Waals surface area (Å²) in [4.78, 5) is 37.7. The van der Waals surface area contributed by atoms with Crippen molar-refractivity contribution in [1.82, 2.24) is 9.97 Å². The van der Waals surface area contributed by atoms with Crippen LogP contribution < -0.4 is 25.0 Å². The Balaban J connectivity index is 0.000000150. The Hall–Kier alpha value is -5.56. The number of halogens is 1. The third-order valence-electron chi connectivity index (χ3n) is 11.9. The molecule has 0 bridgehead atoms. The molecular weight excluding hydrogens is 834 g/mol. The minimum Gasteiger partial charge on any atom is -0.497 e. The summed E-state index contributed by atoms with van der Waals surface area (Å²) in [6.07, 6.45) is 7.31. The monoisotopic (exact) mass is 885 g/mol. The molecule has 2 aliphatic heterocycles. The number of carbonyl (C=O) groups excluding carboxylic acids is 2. The molecule has 2 saturated carbocycles. The maximum absolute atomic E-state index is 13.3. The van der Waals surface area contributed by atoms with Crippen LogP contribution in [0.5, 0.6) is 11.5 Å². The molecule has 4 aliphatic rings. The summed E-state index contributed by atoms with van der Waals surface area (Å²) in [5.41, 5.74) is 1.12. The van der Waals surface area contributed by atoms with Crippen molar-refractivity contribution in [2.45, 2.75) is 55.8 Å². The third kappa shape index (κ3) is 9.67. The van der Waals surface area contributed by atoms with Gasteiger partial charge in [0, 0.05) is 37.1 Å². The molecule has 0 atom stereocenters. The number of nitrogens with zero attached hydrogens (tertiary/aromatic N) is 3. The van der Waals surface area contributed by atoms with E-state index in [-0.39, 0.29) is 11.8 Å². The fraction of sp³-hybridized carbons (Fsp3) is 0.347. The fourth-order valence-electron chi connectivity index (χ4n) is 8.00. The van der Waals surface area contributed by atoms with Gasteiger partial charge in [-0.15, -0.1) is 0 Å². The van der Waals surface area contributed by atoms with E-state index in [1.165, 1.54) is 19.3 Å². The van der Waals surface area contributed by atoms with E-state index in [4.69, 9.17) is 23.9 Å². The highest BCUT2D eigenvalue weighted by Crippen LogP contribution is 2.50. The summed E-state index contributed by atoms with van der Waals surface area (Å²) in [6.45, 7) is 4.97. The molecule has 11 nitrogen and oxygen atoms in total. The predicted molar refractivity (Wildman–Crippen MR) is 244 cm³/mol. The van der Waals surface area contributed by atoms with Gasteiger partial charge in [0.2, 0.25) is 11.8 Å². The van der Waals surface area contributed by atoms with Gasteiger partial charge >= 0.3 is 0 Å². The first-order valence-corrected chi connectivity index (χ1v) is 21.9. The van der Waals surface area contributed by atoms with Gasteiger partial charge in [0.1, 0.15) is 33.6 Å². The van der Waals surface area contributed by atoms with Crippen LogP contribution in [-0.4, -0.2) is 75.5 Å². The zero-order valence-electron chi connectivity index (χ0n) is 34.8. The highest BCUT2D eigenvalue weighted by atomic mass is 79.9. The normalized spacial score (nSPS) is 17.1. The van der Waals surface area contributed by atoms with Crippen molar-refractivity contribution in [2.24, 2.45) is 0 Å². The smallest absolute Gasteiger partial charge is 0.236 e. The number of fused-ring (bicyclic) bond motifs is 2. The van der Waals surface area contributed by atoms with Crippen molar-refractivity contribution in [3.63, 3.8) is 0 Å². The number of hydrogen-bond donors (Lipinski definition) is 2. The van der Waals surface area contributed by atoms with E-state index in [1.807, 2.05) is 97.1 Å². The number of methoxy groups -OCH3 is 2. The van der Waals surface area contributed by atoms with E-state index in [1.54, 1.807) is 14.2 Å². The number of ether oxygens (including phenoxy) is 4. The highest BCUT2D eigenvalue weighted by Gasteiger charge is 2.52. The lowest BCUT2D eigenvalue weighted by Crippen LogP contribution is -2.37. The zero-order chi connectivity index (χ0) is 42.2. The minimum atomic E-state index is -0.473. The molecule has 0 spiro atoms. The molecule has 6 aromatic rings. The molecule has 10 rings (SSSR count). The fourth-order valence-corrected chi connectivity index (χ4v) is 8.56. The van der Waals surface area contributed by atoms with Crippen LogP contribution in [0.3, 0.4) is 0 Å². The summed E-state index contributed by atoms with van der Waals surface area (Å²) >= 11 is 3.49. The number of nitrogens with one attached hydrogen (secondary N) is 2. The van der Waals surface area contributed by atoms with Crippen LogP contribution in [0.1, 0.15) is 56.1 Å². The maximum Gasteiger partial charge on any atom is 0.236 e. The van der Waals surface area contributed by atoms with Crippen LogP contribution in [-0.2, 0) is 29.9 Å². The first-order chi connectivity index (χ1) is 29.8. The lowest BCUT2D eigenvalue weighted by molar-refractivity contribution is -0.119. The lowest BCUT2D eigenvalue weighted by atomic mass is 9.95. The van der Waals surface area contributed by atoms with Crippen LogP contribution >= 0.6 is 15.9 Å².